The molecule has 3 rings (SSSR count). The van der Waals surface area contributed by atoms with Gasteiger partial charge in [-0.05, 0) is 38.0 Å². The molecule has 0 radical (unpaired) electrons. The summed E-state index contributed by atoms with van der Waals surface area (Å²) in [7, 11) is 0. The molecular formula is C15H18N4. The fourth-order valence-electron chi connectivity index (χ4n) is 2.70. The van der Waals surface area contributed by atoms with E-state index in [0.29, 0.717) is 12.6 Å². The third-order valence-electron chi connectivity index (χ3n) is 3.53. The van der Waals surface area contributed by atoms with Crippen LogP contribution in [0.2, 0.25) is 0 Å². The van der Waals surface area contributed by atoms with Gasteiger partial charge in [0.25, 0.3) is 0 Å². The molecule has 98 valence electrons. The maximum absolute atomic E-state index is 5.71. The lowest BCUT2D eigenvalue weighted by Crippen LogP contribution is -2.26. The number of hydrogen-bond donors (Lipinski definition) is 1. The minimum atomic E-state index is 0.379. The van der Waals surface area contributed by atoms with Crippen molar-refractivity contribution in [1.29, 1.82) is 0 Å². The first-order valence-electron chi connectivity index (χ1n) is 6.61. The Bertz CT molecular complexity index is 609. The van der Waals surface area contributed by atoms with Crippen LogP contribution in [0.4, 0.5) is 11.6 Å². The van der Waals surface area contributed by atoms with Crippen molar-refractivity contribution in [2.45, 2.75) is 32.9 Å². The van der Waals surface area contributed by atoms with Crippen molar-refractivity contribution in [2.75, 3.05) is 4.90 Å². The van der Waals surface area contributed by atoms with Gasteiger partial charge in [0.15, 0.2) is 0 Å². The number of para-hydroxylation sites is 1. The summed E-state index contributed by atoms with van der Waals surface area (Å²) in [5.41, 5.74) is 10.1. The van der Waals surface area contributed by atoms with Gasteiger partial charge in [0, 0.05) is 24.0 Å². The van der Waals surface area contributed by atoms with Crippen molar-refractivity contribution in [3.63, 3.8) is 0 Å². The van der Waals surface area contributed by atoms with E-state index in [1.54, 1.807) is 0 Å². The molecule has 0 spiro atoms. The first-order valence-corrected chi connectivity index (χ1v) is 6.61. The molecule has 0 amide bonds. The molecule has 1 aliphatic heterocycles. The molecule has 2 heterocycles. The highest BCUT2D eigenvalue weighted by molar-refractivity contribution is 5.67. The van der Waals surface area contributed by atoms with E-state index < -0.39 is 0 Å². The van der Waals surface area contributed by atoms with Crippen LogP contribution >= 0.6 is 0 Å². The van der Waals surface area contributed by atoms with E-state index >= 15 is 0 Å². The smallest absolute Gasteiger partial charge is 0.230 e. The molecule has 2 N–H and O–H groups in total. The molecule has 0 saturated heterocycles. The highest BCUT2D eigenvalue weighted by atomic mass is 15.3. The van der Waals surface area contributed by atoms with Gasteiger partial charge in [0.05, 0.1) is 5.69 Å². The number of fused-ring (bicyclic) bond motifs is 1. The maximum atomic E-state index is 5.71. The van der Waals surface area contributed by atoms with Gasteiger partial charge in [-0.2, -0.15) is 0 Å². The van der Waals surface area contributed by atoms with Crippen molar-refractivity contribution in [3.05, 3.63) is 47.3 Å². The molecule has 2 aromatic rings. The third kappa shape index (κ3) is 2.08. The predicted octanol–water partition coefficient (Wildman–Crippen LogP) is 2.33. The molecule has 1 aromatic heterocycles. The van der Waals surface area contributed by atoms with Crippen LogP contribution in [0.3, 0.4) is 0 Å². The summed E-state index contributed by atoms with van der Waals surface area (Å²) in [6.45, 7) is 4.63. The lowest BCUT2D eigenvalue weighted by Gasteiger charge is -2.23. The van der Waals surface area contributed by atoms with Crippen molar-refractivity contribution in [1.82, 2.24) is 9.97 Å². The van der Waals surface area contributed by atoms with Gasteiger partial charge in [-0.15, -0.1) is 0 Å². The molecule has 1 aromatic carbocycles. The summed E-state index contributed by atoms with van der Waals surface area (Å²) < 4.78 is 0. The Labute approximate surface area is 113 Å². The van der Waals surface area contributed by atoms with Crippen LogP contribution < -0.4 is 10.6 Å². The van der Waals surface area contributed by atoms with Crippen molar-refractivity contribution >= 4 is 11.6 Å². The first-order chi connectivity index (χ1) is 9.19. The van der Waals surface area contributed by atoms with E-state index in [1.165, 1.54) is 11.3 Å². The van der Waals surface area contributed by atoms with Crippen molar-refractivity contribution < 1.29 is 0 Å². The fraction of sp³-hybridized carbons (Fsp3) is 0.333. The van der Waals surface area contributed by atoms with Gasteiger partial charge in [0.2, 0.25) is 5.95 Å². The average molecular weight is 254 g/mol. The van der Waals surface area contributed by atoms with Crippen LogP contribution in [-0.4, -0.2) is 16.0 Å². The van der Waals surface area contributed by atoms with Gasteiger partial charge < -0.3 is 10.6 Å². The van der Waals surface area contributed by atoms with E-state index in [4.69, 9.17) is 5.73 Å². The zero-order chi connectivity index (χ0) is 13.4. The summed E-state index contributed by atoms with van der Waals surface area (Å²) >= 11 is 0. The zero-order valence-electron chi connectivity index (χ0n) is 11.3. The van der Waals surface area contributed by atoms with E-state index in [1.807, 2.05) is 13.0 Å². The summed E-state index contributed by atoms with van der Waals surface area (Å²) in [6, 6.07) is 10.8. The van der Waals surface area contributed by atoms with Gasteiger partial charge >= 0.3 is 0 Å². The van der Waals surface area contributed by atoms with Crippen LogP contribution in [0.5, 0.6) is 0 Å². The Morgan fingerprint density at radius 3 is 2.89 bits per heavy atom. The summed E-state index contributed by atoms with van der Waals surface area (Å²) in [6.07, 6.45) is 1.03. The molecule has 4 heteroatoms. The number of aromatic nitrogens is 2. The lowest BCUT2D eigenvalue weighted by molar-refractivity contribution is 0.733. The monoisotopic (exact) mass is 254 g/mol. The molecule has 0 saturated carbocycles. The molecule has 19 heavy (non-hydrogen) atoms. The number of anilines is 2. The van der Waals surface area contributed by atoms with E-state index in [-0.39, 0.29) is 0 Å². The van der Waals surface area contributed by atoms with Gasteiger partial charge in [-0.1, -0.05) is 18.2 Å². The topological polar surface area (TPSA) is 55.0 Å². The predicted molar refractivity (Wildman–Crippen MR) is 76.4 cm³/mol. The third-order valence-corrected chi connectivity index (χ3v) is 3.53. The second-order valence-electron chi connectivity index (χ2n) is 5.06. The Kier molecular flexibility index (Phi) is 2.95. The zero-order valence-corrected chi connectivity index (χ0v) is 11.3. The number of rotatable bonds is 2. The Morgan fingerprint density at radius 1 is 1.32 bits per heavy atom. The molecule has 0 aliphatic carbocycles. The number of nitrogens with zero attached hydrogens (tertiary/aromatic N) is 3. The summed E-state index contributed by atoms with van der Waals surface area (Å²) in [4.78, 5) is 11.4. The van der Waals surface area contributed by atoms with Crippen LogP contribution in [0, 0.1) is 6.92 Å². The molecule has 0 bridgehead atoms. The van der Waals surface area contributed by atoms with Gasteiger partial charge in [-0.3, -0.25) is 0 Å². The second kappa shape index (κ2) is 4.63. The maximum Gasteiger partial charge on any atom is 0.230 e. The van der Waals surface area contributed by atoms with Gasteiger partial charge in [-0.25, -0.2) is 9.97 Å². The fourth-order valence-corrected chi connectivity index (χ4v) is 2.70. The lowest BCUT2D eigenvalue weighted by atomic mass is 10.1. The Balaban J connectivity index is 2.09. The Hall–Kier alpha value is -1.94. The van der Waals surface area contributed by atoms with Crippen LogP contribution in [-0.2, 0) is 13.0 Å². The highest BCUT2D eigenvalue weighted by Gasteiger charge is 2.28. The molecular weight excluding hydrogens is 236 g/mol. The molecule has 1 unspecified atom stereocenters. The normalized spacial score (nSPS) is 17.6. The van der Waals surface area contributed by atoms with Gasteiger partial charge in [0.1, 0.15) is 0 Å². The molecule has 1 atom stereocenters. The number of hydrogen-bond acceptors (Lipinski definition) is 4. The highest BCUT2D eigenvalue weighted by Crippen LogP contribution is 2.36. The molecule has 1 aliphatic rings. The quantitative estimate of drug-likeness (QED) is 0.893. The van der Waals surface area contributed by atoms with Crippen LogP contribution in [0.15, 0.2) is 30.3 Å². The SMILES string of the molecule is Cc1cc(CN)nc(N2c3ccccc3CC2C)n1. The van der Waals surface area contributed by atoms with E-state index in [9.17, 15) is 0 Å². The van der Waals surface area contributed by atoms with Crippen molar-refractivity contribution in [2.24, 2.45) is 5.73 Å². The minimum absolute atomic E-state index is 0.379. The van der Waals surface area contributed by atoms with E-state index in [0.717, 1.165) is 23.8 Å². The first kappa shape index (κ1) is 12.1. The van der Waals surface area contributed by atoms with Crippen molar-refractivity contribution in [3.8, 4) is 0 Å². The summed E-state index contributed by atoms with van der Waals surface area (Å²) in [5.74, 6) is 0.762. The molecule has 0 fully saturated rings. The average Bonchev–Trinajstić information content (AvgIpc) is 2.73. The van der Waals surface area contributed by atoms with Crippen LogP contribution in [0.1, 0.15) is 23.9 Å². The number of benzene rings is 1. The van der Waals surface area contributed by atoms with E-state index in [2.05, 4.69) is 46.1 Å². The summed E-state index contributed by atoms with van der Waals surface area (Å²) in [5, 5.41) is 0. The minimum Gasteiger partial charge on any atom is -0.325 e. The number of aryl methyl sites for hydroxylation is 1. The van der Waals surface area contributed by atoms with Crippen LogP contribution in [0.25, 0.3) is 0 Å². The second-order valence-corrected chi connectivity index (χ2v) is 5.06. The number of nitrogens with two attached hydrogens (primary N) is 1. The largest absolute Gasteiger partial charge is 0.325 e. The molecule has 4 nitrogen and oxygen atoms in total. The standard InChI is InChI=1S/C15H18N4/c1-10-7-13(9-16)18-15(17-10)19-11(2)8-12-5-3-4-6-14(12)19/h3-7,11H,8-9,16H2,1-2H3. The Morgan fingerprint density at radius 2 is 2.11 bits per heavy atom.